The highest BCUT2D eigenvalue weighted by atomic mass is 16.5. The van der Waals surface area contributed by atoms with Crippen LogP contribution in [0.5, 0.6) is 0 Å². The van der Waals surface area contributed by atoms with Crippen molar-refractivity contribution in [2.75, 3.05) is 18.6 Å². The maximum Gasteiger partial charge on any atom is 0.270 e. The Hall–Kier alpha value is -1.66. The normalized spacial score (nSPS) is 18.1. The number of hydrazine groups is 1. The highest BCUT2D eigenvalue weighted by molar-refractivity contribution is 5.93. The van der Waals surface area contributed by atoms with Crippen LogP contribution in [0.25, 0.3) is 0 Å². The van der Waals surface area contributed by atoms with E-state index in [-0.39, 0.29) is 11.4 Å². The van der Waals surface area contributed by atoms with E-state index in [0.29, 0.717) is 24.6 Å². The van der Waals surface area contributed by atoms with Crippen molar-refractivity contribution in [3.05, 3.63) is 24.0 Å². The third kappa shape index (κ3) is 2.96. The number of hydrogen-bond acceptors (Lipinski definition) is 5. The molecule has 0 unspecified atom stereocenters. The zero-order valence-corrected chi connectivity index (χ0v) is 10.4. The van der Waals surface area contributed by atoms with E-state index in [9.17, 15) is 4.79 Å². The fourth-order valence-corrected chi connectivity index (χ4v) is 1.93. The summed E-state index contributed by atoms with van der Waals surface area (Å²) >= 11 is 0. The largest absolute Gasteiger partial charge is 0.381 e. The molecule has 0 bridgehead atoms. The molecule has 2 heterocycles. The SMILES string of the molecule is CC1(NC(=O)c2cc(NN)ccn2)CCOCC1. The molecule has 0 spiro atoms. The number of rotatable bonds is 3. The number of amides is 1. The fourth-order valence-electron chi connectivity index (χ4n) is 1.93. The molecule has 1 amide bonds. The molecule has 2 rings (SSSR count). The number of aromatic nitrogens is 1. The van der Waals surface area contributed by atoms with E-state index < -0.39 is 0 Å². The van der Waals surface area contributed by atoms with Crippen molar-refractivity contribution < 1.29 is 9.53 Å². The maximum atomic E-state index is 12.1. The minimum absolute atomic E-state index is 0.184. The molecule has 0 atom stereocenters. The van der Waals surface area contributed by atoms with Crippen LogP contribution in [-0.4, -0.2) is 29.6 Å². The highest BCUT2D eigenvalue weighted by Gasteiger charge is 2.29. The Labute approximate surface area is 106 Å². The van der Waals surface area contributed by atoms with E-state index in [1.807, 2.05) is 6.92 Å². The van der Waals surface area contributed by atoms with Crippen molar-refractivity contribution in [3.8, 4) is 0 Å². The van der Waals surface area contributed by atoms with Gasteiger partial charge in [0.2, 0.25) is 0 Å². The van der Waals surface area contributed by atoms with E-state index >= 15 is 0 Å². The Kier molecular flexibility index (Phi) is 3.78. The number of ether oxygens (including phenoxy) is 1. The van der Waals surface area contributed by atoms with Crippen LogP contribution >= 0.6 is 0 Å². The molecule has 1 aromatic heterocycles. The van der Waals surface area contributed by atoms with Crippen molar-refractivity contribution in [1.29, 1.82) is 0 Å². The number of anilines is 1. The molecule has 1 saturated heterocycles. The molecule has 1 aliphatic rings. The van der Waals surface area contributed by atoms with Crippen molar-refractivity contribution in [2.24, 2.45) is 5.84 Å². The molecule has 0 aromatic carbocycles. The highest BCUT2D eigenvalue weighted by Crippen LogP contribution is 2.20. The van der Waals surface area contributed by atoms with Gasteiger partial charge in [0.25, 0.3) is 5.91 Å². The molecule has 4 N–H and O–H groups in total. The van der Waals surface area contributed by atoms with Crippen molar-refractivity contribution in [2.45, 2.75) is 25.3 Å². The third-order valence-electron chi connectivity index (χ3n) is 3.17. The summed E-state index contributed by atoms with van der Waals surface area (Å²) in [4.78, 5) is 16.1. The average molecular weight is 250 g/mol. The summed E-state index contributed by atoms with van der Waals surface area (Å²) in [6.07, 6.45) is 3.18. The quantitative estimate of drug-likeness (QED) is 0.542. The van der Waals surface area contributed by atoms with Crippen molar-refractivity contribution in [1.82, 2.24) is 10.3 Å². The van der Waals surface area contributed by atoms with Gasteiger partial charge in [-0.3, -0.25) is 15.6 Å². The van der Waals surface area contributed by atoms with E-state index in [0.717, 1.165) is 12.8 Å². The number of nitrogens with two attached hydrogens (primary N) is 1. The number of hydrogen-bond donors (Lipinski definition) is 3. The van der Waals surface area contributed by atoms with Gasteiger partial charge in [0.15, 0.2) is 0 Å². The van der Waals surface area contributed by atoms with Crippen LogP contribution in [0.3, 0.4) is 0 Å². The second-order valence-electron chi connectivity index (χ2n) is 4.70. The summed E-state index contributed by atoms with van der Waals surface area (Å²) in [6.45, 7) is 3.38. The molecule has 6 nitrogen and oxygen atoms in total. The first kappa shape index (κ1) is 12.8. The lowest BCUT2D eigenvalue weighted by Gasteiger charge is -2.34. The summed E-state index contributed by atoms with van der Waals surface area (Å²) in [5, 5.41) is 3.01. The monoisotopic (exact) mass is 250 g/mol. The van der Waals surface area contributed by atoms with Crippen LogP contribution in [-0.2, 0) is 4.74 Å². The van der Waals surface area contributed by atoms with Crippen LogP contribution in [0.4, 0.5) is 5.69 Å². The smallest absolute Gasteiger partial charge is 0.270 e. The average Bonchev–Trinajstić information content (AvgIpc) is 2.39. The lowest BCUT2D eigenvalue weighted by Crippen LogP contribution is -2.49. The Morgan fingerprint density at radius 2 is 2.22 bits per heavy atom. The van der Waals surface area contributed by atoms with Gasteiger partial charge in [-0.15, -0.1) is 0 Å². The molecule has 1 aromatic rings. The predicted molar refractivity (Wildman–Crippen MR) is 68.0 cm³/mol. The first-order valence-electron chi connectivity index (χ1n) is 5.96. The van der Waals surface area contributed by atoms with Crippen LogP contribution in [0, 0.1) is 0 Å². The van der Waals surface area contributed by atoms with E-state index in [2.05, 4.69) is 15.7 Å². The van der Waals surface area contributed by atoms with Gasteiger partial charge in [-0.05, 0) is 31.9 Å². The van der Waals surface area contributed by atoms with Gasteiger partial charge in [0.05, 0.1) is 5.69 Å². The van der Waals surface area contributed by atoms with Crippen LogP contribution in [0.2, 0.25) is 0 Å². The lowest BCUT2D eigenvalue weighted by molar-refractivity contribution is 0.0421. The number of nitrogens with one attached hydrogen (secondary N) is 2. The minimum atomic E-state index is -0.219. The molecular weight excluding hydrogens is 232 g/mol. The second kappa shape index (κ2) is 5.32. The minimum Gasteiger partial charge on any atom is -0.381 e. The molecule has 18 heavy (non-hydrogen) atoms. The van der Waals surface area contributed by atoms with Crippen LogP contribution in [0.15, 0.2) is 18.3 Å². The zero-order chi connectivity index (χ0) is 13.0. The standard InChI is InChI=1S/C12H18N4O2/c1-12(3-6-18-7-4-12)15-11(17)10-8-9(16-13)2-5-14-10/h2,5,8H,3-4,6-7,13H2,1H3,(H,14,16)(H,15,17). The molecule has 6 heteroatoms. The molecule has 0 radical (unpaired) electrons. The Balaban J connectivity index is 2.06. The van der Waals surface area contributed by atoms with Gasteiger partial charge in [0, 0.05) is 24.9 Å². The summed E-state index contributed by atoms with van der Waals surface area (Å²) in [5.74, 6) is 5.12. The molecule has 0 saturated carbocycles. The summed E-state index contributed by atoms with van der Waals surface area (Å²) in [5.41, 5.74) is 3.30. The molecule has 1 aliphatic heterocycles. The van der Waals surface area contributed by atoms with Crippen molar-refractivity contribution in [3.63, 3.8) is 0 Å². The number of nitrogen functional groups attached to an aromatic ring is 1. The van der Waals surface area contributed by atoms with Gasteiger partial charge in [-0.25, -0.2) is 0 Å². The molecule has 1 fully saturated rings. The topological polar surface area (TPSA) is 89.3 Å². The summed E-state index contributed by atoms with van der Waals surface area (Å²) < 4.78 is 5.30. The number of carbonyl (C=O) groups excluding carboxylic acids is 1. The molecular formula is C12H18N4O2. The van der Waals surface area contributed by atoms with Gasteiger partial charge in [-0.2, -0.15) is 0 Å². The zero-order valence-electron chi connectivity index (χ0n) is 10.4. The maximum absolute atomic E-state index is 12.1. The van der Waals surface area contributed by atoms with Gasteiger partial charge < -0.3 is 15.5 Å². The predicted octanol–water partition coefficient (Wildman–Crippen LogP) is 0.666. The van der Waals surface area contributed by atoms with E-state index in [1.54, 1.807) is 18.3 Å². The van der Waals surface area contributed by atoms with E-state index in [1.165, 1.54) is 0 Å². The second-order valence-corrected chi connectivity index (χ2v) is 4.70. The summed E-state index contributed by atoms with van der Waals surface area (Å²) in [7, 11) is 0. The van der Waals surface area contributed by atoms with Gasteiger partial charge in [0.1, 0.15) is 5.69 Å². The third-order valence-corrected chi connectivity index (χ3v) is 3.17. The van der Waals surface area contributed by atoms with Crippen LogP contribution < -0.4 is 16.6 Å². The van der Waals surface area contributed by atoms with E-state index in [4.69, 9.17) is 10.6 Å². The molecule has 0 aliphatic carbocycles. The van der Waals surface area contributed by atoms with Crippen LogP contribution in [0.1, 0.15) is 30.3 Å². The lowest BCUT2D eigenvalue weighted by atomic mass is 9.92. The number of carbonyl (C=O) groups is 1. The Morgan fingerprint density at radius 1 is 1.50 bits per heavy atom. The first-order chi connectivity index (χ1) is 8.63. The van der Waals surface area contributed by atoms with Gasteiger partial charge in [-0.1, -0.05) is 0 Å². The van der Waals surface area contributed by atoms with Crippen molar-refractivity contribution >= 4 is 11.6 Å². The molecule has 98 valence electrons. The Bertz CT molecular complexity index is 430. The number of pyridine rings is 1. The number of nitrogens with zero attached hydrogens (tertiary/aromatic N) is 1. The first-order valence-corrected chi connectivity index (χ1v) is 5.96. The summed E-state index contributed by atoms with van der Waals surface area (Å²) in [6, 6.07) is 3.32. The van der Waals surface area contributed by atoms with Gasteiger partial charge >= 0.3 is 0 Å². The fraction of sp³-hybridized carbons (Fsp3) is 0.500. The Morgan fingerprint density at radius 3 is 2.89 bits per heavy atom.